The van der Waals surface area contributed by atoms with Gasteiger partial charge in [-0.15, -0.1) is 0 Å². The van der Waals surface area contributed by atoms with Gasteiger partial charge in [0.2, 0.25) is 0 Å². The molecule has 2 rings (SSSR count). The summed E-state index contributed by atoms with van der Waals surface area (Å²) in [4.78, 5) is 15.8. The highest BCUT2D eigenvalue weighted by atomic mass is 16.3. The second-order valence-electron chi connectivity index (χ2n) is 4.88. The van der Waals surface area contributed by atoms with Gasteiger partial charge in [0, 0.05) is 12.2 Å². The number of pyridine rings is 1. The fraction of sp³-hybridized carbons (Fsp3) is 0.538. The number of urea groups is 1. The fourth-order valence-electron chi connectivity index (χ4n) is 1.94. The molecule has 0 radical (unpaired) electrons. The van der Waals surface area contributed by atoms with E-state index in [2.05, 4.69) is 15.6 Å². The number of rotatable bonds is 4. The number of nitrogens with zero attached hydrogens (tertiary/aromatic N) is 1. The number of aliphatic hydroxyl groups is 1. The second kappa shape index (κ2) is 5.35. The predicted octanol–water partition coefficient (Wildman–Crippen LogP) is 1.10. The minimum absolute atomic E-state index is 0.265. The van der Waals surface area contributed by atoms with Gasteiger partial charge in [-0.2, -0.15) is 0 Å². The molecule has 3 N–H and O–H groups in total. The van der Waals surface area contributed by atoms with Crippen molar-refractivity contribution in [3.63, 3.8) is 0 Å². The van der Waals surface area contributed by atoms with E-state index in [0.717, 1.165) is 30.7 Å². The number of nitrogens with one attached hydrogen (secondary N) is 2. The zero-order valence-corrected chi connectivity index (χ0v) is 10.6. The van der Waals surface area contributed by atoms with Crippen molar-refractivity contribution in [2.45, 2.75) is 38.3 Å². The van der Waals surface area contributed by atoms with Gasteiger partial charge < -0.3 is 15.7 Å². The van der Waals surface area contributed by atoms with Crippen molar-refractivity contribution >= 4 is 6.03 Å². The summed E-state index contributed by atoms with van der Waals surface area (Å²) < 4.78 is 0. The Morgan fingerprint density at radius 2 is 2.22 bits per heavy atom. The lowest BCUT2D eigenvalue weighted by Gasteiger charge is -2.36. The molecule has 18 heavy (non-hydrogen) atoms. The monoisotopic (exact) mass is 249 g/mol. The first-order valence-corrected chi connectivity index (χ1v) is 6.24. The highest BCUT2D eigenvalue weighted by Crippen LogP contribution is 2.30. The van der Waals surface area contributed by atoms with Crippen molar-refractivity contribution in [2.24, 2.45) is 0 Å². The lowest BCUT2D eigenvalue weighted by molar-refractivity contribution is -0.0290. The predicted molar refractivity (Wildman–Crippen MR) is 68.0 cm³/mol. The third-order valence-electron chi connectivity index (χ3n) is 3.24. The lowest BCUT2D eigenvalue weighted by Crippen LogP contribution is -2.50. The van der Waals surface area contributed by atoms with Gasteiger partial charge in [-0.05, 0) is 38.3 Å². The molecule has 0 bridgehead atoms. The molecule has 1 aromatic heterocycles. The van der Waals surface area contributed by atoms with Gasteiger partial charge in [-0.1, -0.05) is 6.07 Å². The van der Waals surface area contributed by atoms with Gasteiger partial charge >= 0.3 is 6.03 Å². The van der Waals surface area contributed by atoms with Crippen molar-refractivity contribution in [3.05, 3.63) is 29.6 Å². The molecule has 1 fully saturated rings. The first-order chi connectivity index (χ1) is 8.57. The molecule has 5 nitrogen and oxygen atoms in total. The third kappa shape index (κ3) is 3.43. The van der Waals surface area contributed by atoms with E-state index in [1.165, 1.54) is 0 Å². The van der Waals surface area contributed by atoms with Crippen LogP contribution >= 0.6 is 0 Å². The molecule has 1 aliphatic carbocycles. The second-order valence-corrected chi connectivity index (χ2v) is 4.88. The van der Waals surface area contributed by atoms with Gasteiger partial charge in [-0.3, -0.25) is 4.98 Å². The van der Waals surface area contributed by atoms with Gasteiger partial charge in [0.25, 0.3) is 0 Å². The summed E-state index contributed by atoms with van der Waals surface area (Å²) in [6, 6.07) is 5.43. The van der Waals surface area contributed by atoms with E-state index in [9.17, 15) is 9.90 Å². The van der Waals surface area contributed by atoms with E-state index in [4.69, 9.17) is 0 Å². The maximum absolute atomic E-state index is 11.5. The lowest BCUT2D eigenvalue weighted by atomic mass is 9.80. The number of aromatic nitrogens is 1. The van der Waals surface area contributed by atoms with Crippen LogP contribution in [0.1, 0.15) is 30.7 Å². The molecular formula is C13H19N3O2. The Bertz CT molecular complexity index is 430. The van der Waals surface area contributed by atoms with E-state index >= 15 is 0 Å². The number of amides is 2. The van der Waals surface area contributed by atoms with Gasteiger partial charge in [0.1, 0.15) is 0 Å². The van der Waals surface area contributed by atoms with Gasteiger partial charge in [-0.25, -0.2) is 4.79 Å². The number of carbonyl (C=O) groups excluding carboxylic acids is 1. The summed E-state index contributed by atoms with van der Waals surface area (Å²) >= 11 is 0. The Hall–Kier alpha value is -1.62. The Morgan fingerprint density at radius 3 is 2.83 bits per heavy atom. The largest absolute Gasteiger partial charge is 0.388 e. The van der Waals surface area contributed by atoms with Crippen LogP contribution in [0.2, 0.25) is 0 Å². The topological polar surface area (TPSA) is 74.2 Å². The van der Waals surface area contributed by atoms with Crippen molar-refractivity contribution in [1.29, 1.82) is 0 Å². The van der Waals surface area contributed by atoms with Crippen LogP contribution in [0.3, 0.4) is 0 Å². The van der Waals surface area contributed by atoms with Crippen LogP contribution in [0.25, 0.3) is 0 Å². The van der Waals surface area contributed by atoms with Crippen LogP contribution in [-0.2, 0) is 6.54 Å². The summed E-state index contributed by atoms with van der Waals surface area (Å²) in [5, 5.41) is 15.2. The fourth-order valence-corrected chi connectivity index (χ4v) is 1.94. The highest BCUT2D eigenvalue weighted by molar-refractivity contribution is 5.73. The average molecular weight is 249 g/mol. The van der Waals surface area contributed by atoms with E-state index in [0.29, 0.717) is 13.1 Å². The first kappa shape index (κ1) is 12.8. The molecule has 0 saturated heterocycles. The molecule has 0 spiro atoms. The normalized spacial score (nSPS) is 16.8. The standard InChI is InChI=1S/C13H19N3O2/c1-10-4-2-5-11(16-10)8-14-12(17)15-9-13(18)6-3-7-13/h2,4-5,18H,3,6-9H2,1H3,(H2,14,15,17). The van der Waals surface area contributed by atoms with Crippen molar-refractivity contribution in [1.82, 2.24) is 15.6 Å². The van der Waals surface area contributed by atoms with Crippen LogP contribution < -0.4 is 10.6 Å². The number of hydrogen-bond donors (Lipinski definition) is 3. The molecule has 1 heterocycles. The summed E-state index contributed by atoms with van der Waals surface area (Å²) in [5.74, 6) is 0. The van der Waals surface area contributed by atoms with E-state index in [-0.39, 0.29) is 6.03 Å². The summed E-state index contributed by atoms with van der Waals surface area (Å²) in [6.45, 7) is 2.63. The van der Waals surface area contributed by atoms with E-state index in [1.54, 1.807) is 0 Å². The molecule has 0 atom stereocenters. The van der Waals surface area contributed by atoms with Crippen LogP contribution in [0.5, 0.6) is 0 Å². The van der Waals surface area contributed by atoms with Gasteiger partial charge in [0.15, 0.2) is 0 Å². The van der Waals surface area contributed by atoms with Crippen LogP contribution in [0.4, 0.5) is 4.79 Å². The quantitative estimate of drug-likeness (QED) is 0.748. The molecule has 0 aliphatic heterocycles. The highest BCUT2D eigenvalue weighted by Gasteiger charge is 2.34. The summed E-state index contributed by atoms with van der Waals surface area (Å²) in [7, 11) is 0. The SMILES string of the molecule is Cc1cccc(CNC(=O)NCC2(O)CCC2)n1. The summed E-state index contributed by atoms with van der Waals surface area (Å²) in [5.41, 5.74) is 1.07. The smallest absolute Gasteiger partial charge is 0.315 e. The Labute approximate surface area is 107 Å². The van der Waals surface area contributed by atoms with Crippen molar-refractivity contribution in [3.8, 4) is 0 Å². The number of carbonyl (C=O) groups is 1. The van der Waals surface area contributed by atoms with Crippen molar-refractivity contribution in [2.75, 3.05) is 6.54 Å². The molecule has 1 aromatic rings. The van der Waals surface area contributed by atoms with E-state index in [1.807, 2.05) is 25.1 Å². The molecular weight excluding hydrogens is 230 g/mol. The van der Waals surface area contributed by atoms with Crippen molar-refractivity contribution < 1.29 is 9.90 Å². The molecule has 0 aromatic carbocycles. The minimum atomic E-state index is -0.682. The van der Waals surface area contributed by atoms with Crippen LogP contribution in [0.15, 0.2) is 18.2 Å². The zero-order chi connectivity index (χ0) is 13.0. The van der Waals surface area contributed by atoms with Gasteiger partial charge in [0.05, 0.1) is 17.8 Å². The molecule has 0 unspecified atom stereocenters. The zero-order valence-electron chi connectivity index (χ0n) is 10.6. The average Bonchev–Trinajstić information content (AvgIpc) is 2.31. The number of aryl methyl sites for hydroxylation is 1. The summed E-state index contributed by atoms with van der Waals surface area (Å²) in [6.07, 6.45) is 2.58. The molecule has 5 heteroatoms. The van der Waals surface area contributed by atoms with Crippen LogP contribution in [-0.4, -0.2) is 28.3 Å². The third-order valence-corrected chi connectivity index (χ3v) is 3.24. The van der Waals surface area contributed by atoms with E-state index < -0.39 is 5.60 Å². The molecule has 98 valence electrons. The Kier molecular flexibility index (Phi) is 3.81. The van der Waals surface area contributed by atoms with Crippen LogP contribution in [0, 0.1) is 6.92 Å². The molecule has 1 saturated carbocycles. The Morgan fingerprint density at radius 1 is 1.44 bits per heavy atom. The molecule has 2 amide bonds. The number of hydrogen-bond acceptors (Lipinski definition) is 3. The first-order valence-electron chi connectivity index (χ1n) is 6.24. The maximum Gasteiger partial charge on any atom is 0.315 e. The molecule has 1 aliphatic rings. The minimum Gasteiger partial charge on any atom is -0.388 e. The maximum atomic E-state index is 11.5. The Balaban J connectivity index is 1.71.